The molecule has 0 bridgehead atoms. The zero-order valence-corrected chi connectivity index (χ0v) is 18.4. The van der Waals surface area contributed by atoms with Crippen molar-refractivity contribution in [2.24, 2.45) is 5.92 Å². The lowest BCUT2D eigenvalue weighted by Gasteiger charge is -2.41. The van der Waals surface area contributed by atoms with Gasteiger partial charge in [-0.2, -0.15) is 19.5 Å². The maximum absolute atomic E-state index is 13.3. The second kappa shape index (κ2) is 8.32. The molecule has 0 unspecified atom stereocenters. The topological polar surface area (TPSA) is 128 Å². The molecule has 0 aliphatic carbocycles. The maximum atomic E-state index is 13.3. The van der Waals surface area contributed by atoms with Crippen molar-refractivity contribution in [3.63, 3.8) is 0 Å². The number of furan rings is 1. The molecular formula is C23H24N8O3. The molecule has 2 aliphatic rings. The summed E-state index contributed by atoms with van der Waals surface area (Å²) in [6, 6.07) is 12.9. The minimum Gasteiger partial charge on any atom is -0.493 e. The second-order valence-corrected chi connectivity index (χ2v) is 8.59. The zero-order chi connectivity index (χ0) is 23.1. The predicted molar refractivity (Wildman–Crippen MR) is 123 cm³/mol. The van der Waals surface area contributed by atoms with Crippen molar-refractivity contribution >= 4 is 23.6 Å². The van der Waals surface area contributed by atoms with Crippen molar-refractivity contribution in [2.45, 2.75) is 18.9 Å². The lowest BCUT2D eigenvalue weighted by molar-refractivity contribution is -0.139. The quantitative estimate of drug-likeness (QED) is 0.458. The second-order valence-electron chi connectivity index (χ2n) is 8.59. The van der Waals surface area contributed by atoms with E-state index < -0.39 is 0 Å². The average Bonchev–Trinajstić information content (AvgIpc) is 3.58. The number of benzene rings is 1. The third-order valence-corrected chi connectivity index (χ3v) is 6.26. The first-order valence-electron chi connectivity index (χ1n) is 11.3. The third kappa shape index (κ3) is 3.68. The normalized spacial score (nSPS) is 18.4. The highest BCUT2D eigenvalue weighted by atomic mass is 16.5. The summed E-state index contributed by atoms with van der Waals surface area (Å²) in [5.41, 5.74) is 6.15. The molecule has 2 N–H and O–H groups in total. The molecule has 2 aliphatic heterocycles. The number of nitrogen functional groups attached to an aromatic ring is 1. The maximum Gasteiger partial charge on any atom is 0.259 e. The summed E-state index contributed by atoms with van der Waals surface area (Å²) in [6.45, 7) is 2.66. The van der Waals surface area contributed by atoms with Gasteiger partial charge in [-0.25, -0.2) is 0 Å². The molecule has 1 amide bonds. The van der Waals surface area contributed by atoms with Gasteiger partial charge in [0, 0.05) is 25.6 Å². The van der Waals surface area contributed by atoms with Gasteiger partial charge in [0.1, 0.15) is 11.8 Å². The number of hydrogen-bond acceptors (Lipinski definition) is 9. The number of aromatic nitrogens is 5. The SMILES string of the molecule is Nc1nc(N2CCC[C@H]2C(=O)N2CC(COc3ccccc3)C2)nc2nc(-c3ccco3)nn12. The van der Waals surface area contributed by atoms with Crippen LogP contribution in [0.25, 0.3) is 17.4 Å². The van der Waals surface area contributed by atoms with Gasteiger partial charge < -0.3 is 24.7 Å². The molecule has 0 saturated carbocycles. The third-order valence-electron chi connectivity index (χ3n) is 6.26. The van der Waals surface area contributed by atoms with Crippen molar-refractivity contribution < 1.29 is 13.9 Å². The van der Waals surface area contributed by atoms with E-state index in [0.717, 1.165) is 18.6 Å². The van der Waals surface area contributed by atoms with Crippen LogP contribution in [0.3, 0.4) is 0 Å². The van der Waals surface area contributed by atoms with Crippen LogP contribution in [-0.4, -0.2) is 67.7 Å². The fraction of sp³-hybridized carbons (Fsp3) is 0.348. The number of likely N-dealkylation sites (tertiary alicyclic amines) is 1. The van der Waals surface area contributed by atoms with Crippen molar-refractivity contribution in [1.82, 2.24) is 29.5 Å². The van der Waals surface area contributed by atoms with Crippen LogP contribution in [0.5, 0.6) is 5.75 Å². The van der Waals surface area contributed by atoms with Crippen LogP contribution in [0.15, 0.2) is 53.1 Å². The van der Waals surface area contributed by atoms with Gasteiger partial charge in [0.15, 0.2) is 5.76 Å². The van der Waals surface area contributed by atoms with Crippen molar-refractivity contribution in [1.29, 1.82) is 0 Å². The number of para-hydroxylation sites is 1. The molecule has 34 heavy (non-hydrogen) atoms. The van der Waals surface area contributed by atoms with E-state index in [-0.39, 0.29) is 17.9 Å². The van der Waals surface area contributed by atoms with Gasteiger partial charge in [-0.05, 0) is 37.1 Å². The molecule has 1 aromatic carbocycles. The molecule has 2 fully saturated rings. The average molecular weight is 460 g/mol. The highest BCUT2D eigenvalue weighted by molar-refractivity contribution is 5.86. The summed E-state index contributed by atoms with van der Waals surface area (Å²) in [6.07, 6.45) is 3.18. The standard InChI is InChI=1S/C23H24N8O3/c24-21-26-22(27-23-25-19(28-31(21)23)18-9-5-11-33-18)30-10-4-8-17(30)20(32)29-12-15(13-29)14-34-16-6-2-1-3-7-16/h1-3,5-7,9,11,15,17H,4,8,10,12-14H2,(H2,24,25,26,27,28)/t17-/m0/s1. The Balaban J connectivity index is 1.14. The van der Waals surface area contributed by atoms with Crippen LogP contribution >= 0.6 is 0 Å². The van der Waals surface area contributed by atoms with Crippen molar-refractivity contribution in [3.8, 4) is 17.3 Å². The van der Waals surface area contributed by atoms with Gasteiger partial charge in [-0.3, -0.25) is 4.79 Å². The Bertz CT molecular complexity index is 1300. The lowest BCUT2D eigenvalue weighted by Crippen LogP contribution is -2.57. The highest BCUT2D eigenvalue weighted by Crippen LogP contribution is 2.28. The van der Waals surface area contributed by atoms with Gasteiger partial charge in [-0.1, -0.05) is 18.2 Å². The van der Waals surface area contributed by atoms with E-state index in [1.165, 1.54) is 4.52 Å². The molecule has 3 aromatic heterocycles. The highest BCUT2D eigenvalue weighted by Gasteiger charge is 2.40. The van der Waals surface area contributed by atoms with Crippen LogP contribution in [-0.2, 0) is 4.79 Å². The number of carbonyl (C=O) groups is 1. The molecule has 0 radical (unpaired) electrons. The lowest BCUT2D eigenvalue weighted by atomic mass is 9.99. The van der Waals surface area contributed by atoms with E-state index in [4.69, 9.17) is 14.9 Å². The van der Waals surface area contributed by atoms with Gasteiger partial charge in [0.2, 0.25) is 23.6 Å². The fourth-order valence-electron chi connectivity index (χ4n) is 4.49. The van der Waals surface area contributed by atoms with Crippen LogP contribution in [0, 0.1) is 5.92 Å². The number of carbonyl (C=O) groups excluding carboxylic acids is 1. The molecule has 5 heterocycles. The molecule has 11 heteroatoms. The smallest absolute Gasteiger partial charge is 0.259 e. The number of anilines is 2. The number of ether oxygens (including phenoxy) is 1. The Kier molecular flexibility index (Phi) is 5.01. The van der Waals surface area contributed by atoms with Crippen LogP contribution in [0.4, 0.5) is 11.9 Å². The monoisotopic (exact) mass is 460 g/mol. The van der Waals surface area contributed by atoms with E-state index in [1.807, 2.05) is 40.1 Å². The van der Waals surface area contributed by atoms with Crippen molar-refractivity contribution in [2.75, 3.05) is 36.9 Å². The summed E-state index contributed by atoms with van der Waals surface area (Å²) in [7, 11) is 0. The Morgan fingerprint density at radius 2 is 1.97 bits per heavy atom. The first-order chi connectivity index (χ1) is 16.7. The summed E-state index contributed by atoms with van der Waals surface area (Å²) < 4.78 is 12.6. The van der Waals surface area contributed by atoms with E-state index in [0.29, 0.717) is 55.5 Å². The first-order valence-corrected chi connectivity index (χ1v) is 11.3. The van der Waals surface area contributed by atoms with Gasteiger partial charge >= 0.3 is 0 Å². The van der Waals surface area contributed by atoms with Gasteiger partial charge in [0.05, 0.1) is 12.9 Å². The fourth-order valence-corrected chi connectivity index (χ4v) is 4.49. The Morgan fingerprint density at radius 1 is 1.12 bits per heavy atom. The number of rotatable bonds is 6. The molecule has 11 nitrogen and oxygen atoms in total. The summed E-state index contributed by atoms with van der Waals surface area (Å²) in [5.74, 6) is 3.03. The molecule has 0 spiro atoms. The largest absolute Gasteiger partial charge is 0.493 e. The Hall–Kier alpha value is -4.15. The van der Waals surface area contributed by atoms with E-state index in [2.05, 4.69) is 20.1 Å². The molecule has 174 valence electrons. The van der Waals surface area contributed by atoms with Crippen LogP contribution in [0.1, 0.15) is 12.8 Å². The number of amides is 1. The zero-order valence-electron chi connectivity index (χ0n) is 18.4. The van der Waals surface area contributed by atoms with Gasteiger partial charge in [-0.15, -0.1) is 5.10 Å². The predicted octanol–water partition coefficient (Wildman–Crippen LogP) is 1.87. The van der Waals surface area contributed by atoms with E-state index in [9.17, 15) is 4.79 Å². The summed E-state index contributed by atoms with van der Waals surface area (Å²) in [4.78, 5) is 30.5. The summed E-state index contributed by atoms with van der Waals surface area (Å²) >= 11 is 0. The summed E-state index contributed by atoms with van der Waals surface area (Å²) in [5, 5.41) is 4.33. The van der Waals surface area contributed by atoms with E-state index >= 15 is 0 Å². The number of hydrogen-bond donors (Lipinski definition) is 1. The van der Waals surface area contributed by atoms with Gasteiger partial charge in [0.25, 0.3) is 5.78 Å². The molecule has 6 rings (SSSR count). The Morgan fingerprint density at radius 3 is 2.76 bits per heavy atom. The minimum absolute atomic E-state index is 0.0910. The number of fused-ring (bicyclic) bond motifs is 1. The van der Waals surface area contributed by atoms with Crippen LogP contribution < -0.4 is 15.4 Å². The number of nitrogens with zero attached hydrogens (tertiary/aromatic N) is 7. The first kappa shape index (κ1) is 20.5. The minimum atomic E-state index is -0.315. The van der Waals surface area contributed by atoms with Crippen molar-refractivity contribution in [3.05, 3.63) is 48.7 Å². The number of nitrogens with two attached hydrogens (primary N) is 1. The molecule has 4 aromatic rings. The Labute approximate surface area is 195 Å². The molecule has 1 atom stereocenters. The van der Waals surface area contributed by atoms with E-state index in [1.54, 1.807) is 18.4 Å². The molecule has 2 saturated heterocycles. The molecular weight excluding hydrogens is 436 g/mol. The van der Waals surface area contributed by atoms with Crippen LogP contribution in [0.2, 0.25) is 0 Å².